The SMILES string of the molecule is COc1cnc(C(=O)Nc2ccc(F)c([C@]3(CF)C[C@H](C(F)(F)F)N=C(N)O3)c2)cn1. The average Bonchev–Trinajstić information content (AvgIpc) is 2.74. The minimum atomic E-state index is -4.84. The van der Waals surface area contributed by atoms with E-state index in [0.29, 0.717) is 0 Å². The van der Waals surface area contributed by atoms with Gasteiger partial charge < -0.3 is 20.5 Å². The number of nitrogens with two attached hydrogens (primary N) is 1. The molecule has 0 bridgehead atoms. The number of ether oxygens (including phenoxy) is 2. The van der Waals surface area contributed by atoms with E-state index in [2.05, 4.69) is 20.3 Å². The first kappa shape index (κ1) is 22.2. The number of aliphatic imine (C=N–C) groups is 1. The van der Waals surface area contributed by atoms with Gasteiger partial charge in [0.15, 0.2) is 11.6 Å². The molecule has 2 atom stereocenters. The number of aromatic nitrogens is 2. The van der Waals surface area contributed by atoms with Gasteiger partial charge in [-0.15, -0.1) is 0 Å². The molecule has 0 spiro atoms. The number of carbonyl (C=O) groups is 1. The second-order valence-corrected chi connectivity index (χ2v) is 6.55. The van der Waals surface area contributed by atoms with Crippen LogP contribution in [0.25, 0.3) is 0 Å². The number of hydrogen-bond acceptors (Lipinski definition) is 7. The van der Waals surface area contributed by atoms with Crippen molar-refractivity contribution in [2.75, 3.05) is 19.1 Å². The minimum absolute atomic E-state index is 0.0416. The Bertz CT molecular complexity index is 999. The molecular formula is C18H16F5N5O3. The first-order valence-corrected chi connectivity index (χ1v) is 8.70. The Morgan fingerprint density at radius 2 is 2.10 bits per heavy atom. The molecule has 1 aromatic carbocycles. The van der Waals surface area contributed by atoms with Crippen molar-refractivity contribution in [3.05, 3.63) is 47.7 Å². The normalized spacial score (nSPS) is 21.1. The molecule has 13 heteroatoms. The molecule has 166 valence electrons. The first-order valence-electron chi connectivity index (χ1n) is 8.70. The number of amides is 1. The Balaban J connectivity index is 1.92. The van der Waals surface area contributed by atoms with Gasteiger partial charge in [0.1, 0.15) is 18.2 Å². The number of benzene rings is 1. The second-order valence-electron chi connectivity index (χ2n) is 6.55. The summed E-state index contributed by atoms with van der Waals surface area (Å²) < 4.78 is 78.0. The molecule has 31 heavy (non-hydrogen) atoms. The molecule has 1 amide bonds. The van der Waals surface area contributed by atoms with E-state index >= 15 is 0 Å². The summed E-state index contributed by atoms with van der Waals surface area (Å²) in [6, 6.07) is -0.342. The highest BCUT2D eigenvalue weighted by Crippen LogP contribution is 2.42. The maximum absolute atomic E-state index is 14.5. The predicted molar refractivity (Wildman–Crippen MR) is 97.8 cm³/mol. The molecule has 1 aliphatic heterocycles. The van der Waals surface area contributed by atoms with Crippen LogP contribution >= 0.6 is 0 Å². The van der Waals surface area contributed by atoms with Crippen molar-refractivity contribution >= 4 is 17.6 Å². The zero-order valence-corrected chi connectivity index (χ0v) is 15.9. The molecule has 2 heterocycles. The molecule has 1 aromatic heterocycles. The third-order valence-corrected chi connectivity index (χ3v) is 4.48. The molecular weight excluding hydrogens is 429 g/mol. The van der Waals surface area contributed by atoms with Crippen molar-refractivity contribution in [3.63, 3.8) is 0 Å². The van der Waals surface area contributed by atoms with E-state index in [1.165, 1.54) is 13.3 Å². The highest BCUT2D eigenvalue weighted by atomic mass is 19.4. The van der Waals surface area contributed by atoms with Crippen molar-refractivity contribution in [2.45, 2.75) is 24.2 Å². The van der Waals surface area contributed by atoms with Crippen molar-refractivity contribution < 1.29 is 36.2 Å². The summed E-state index contributed by atoms with van der Waals surface area (Å²) >= 11 is 0. The van der Waals surface area contributed by atoms with Crippen molar-refractivity contribution in [1.82, 2.24) is 9.97 Å². The zero-order chi connectivity index (χ0) is 22.8. The number of nitrogens with one attached hydrogen (secondary N) is 1. The molecule has 0 radical (unpaired) electrons. The average molecular weight is 445 g/mol. The fourth-order valence-corrected chi connectivity index (χ4v) is 2.97. The van der Waals surface area contributed by atoms with Crippen LogP contribution < -0.4 is 15.8 Å². The lowest BCUT2D eigenvalue weighted by molar-refractivity contribution is -0.167. The number of halogens is 5. The number of carbonyl (C=O) groups excluding carboxylic acids is 1. The molecule has 0 aliphatic carbocycles. The highest BCUT2D eigenvalue weighted by molar-refractivity contribution is 6.02. The Kier molecular flexibility index (Phi) is 5.95. The minimum Gasteiger partial charge on any atom is -0.480 e. The van der Waals surface area contributed by atoms with Gasteiger partial charge >= 0.3 is 6.18 Å². The third-order valence-electron chi connectivity index (χ3n) is 4.48. The molecule has 2 aromatic rings. The molecule has 1 aliphatic rings. The summed E-state index contributed by atoms with van der Waals surface area (Å²) in [5.74, 6) is -1.63. The number of hydrogen-bond donors (Lipinski definition) is 2. The van der Waals surface area contributed by atoms with E-state index in [1.807, 2.05) is 0 Å². The number of amidine groups is 1. The van der Waals surface area contributed by atoms with Gasteiger partial charge in [-0.25, -0.2) is 23.7 Å². The van der Waals surface area contributed by atoms with Crippen LogP contribution in [0.1, 0.15) is 22.5 Å². The van der Waals surface area contributed by atoms with Crippen molar-refractivity contribution in [3.8, 4) is 5.88 Å². The highest BCUT2D eigenvalue weighted by Gasteiger charge is 2.52. The third kappa shape index (κ3) is 4.64. The van der Waals surface area contributed by atoms with Gasteiger partial charge in [-0.05, 0) is 18.2 Å². The van der Waals surface area contributed by atoms with Crippen LogP contribution in [0.4, 0.5) is 27.6 Å². The molecule has 8 nitrogen and oxygen atoms in total. The van der Waals surface area contributed by atoms with Gasteiger partial charge in [0.2, 0.25) is 5.88 Å². The van der Waals surface area contributed by atoms with E-state index in [4.69, 9.17) is 15.2 Å². The summed E-state index contributed by atoms with van der Waals surface area (Å²) in [4.78, 5) is 23.1. The van der Waals surface area contributed by atoms with Gasteiger partial charge in [-0.3, -0.25) is 4.79 Å². The molecule has 0 unspecified atom stereocenters. The molecule has 3 N–H and O–H groups in total. The smallest absolute Gasteiger partial charge is 0.411 e. The lowest BCUT2D eigenvalue weighted by Gasteiger charge is -2.38. The molecule has 3 rings (SSSR count). The van der Waals surface area contributed by atoms with Crippen LogP contribution in [-0.2, 0) is 10.3 Å². The van der Waals surface area contributed by atoms with Crippen LogP contribution in [0.15, 0.2) is 35.6 Å². The van der Waals surface area contributed by atoms with Crippen LogP contribution in [0.3, 0.4) is 0 Å². The predicted octanol–water partition coefficient (Wildman–Crippen LogP) is 2.71. The van der Waals surface area contributed by atoms with E-state index in [-0.39, 0.29) is 17.3 Å². The lowest BCUT2D eigenvalue weighted by Crippen LogP contribution is -2.48. The van der Waals surface area contributed by atoms with Crippen LogP contribution in [0, 0.1) is 5.82 Å². The van der Waals surface area contributed by atoms with Crippen LogP contribution in [-0.4, -0.2) is 47.9 Å². The van der Waals surface area contributed by atoms with E-state index < -0.39 is 54.2 Å². The molecule has 0 fully saturated rings. The van der Waals surface area contributed by atoms with Gasteiger partial charge in [0.05, 0.1) is 19.5 Å². The van der Waals surface area contributed by atoms with Gasteiger partial charge in [-0.2, -0.15) is 13.2 Å². The first-order chi connectivity index (χ1) is 14.6. The van der Waals surface area contributed by atoms with Crippen LogP contribution in [0.5, 0.6) is 5.88 Å². The summed E-state index contributed by atoms with van der Waals surface area (Å²) in [6.45, 7) is -1.52. The topological polar surface area (TPSA) is 112 Å². The number of methoxy groups -OCH3 is 1. The maximum atomic E-state index is 14.5. The van der Waals surface area contributed by atoms with E-state index in [1.54, 1.807) is 0 Å². The molecule has 0 saturated carbocycles. The second kappa shape index (κ2) is 8.32. The number of anilines is 1. The monoisotopic (exact) mass is 445 g/mol. The Morgan fingerprint density at radius 1 is 1.35 bits per heavy atom. The summed E-state index contributed by atoms with van der Waals surface area (Å²) in [5.41, 5.74) is 2.23. The summed E-state index contributed by atoms with van der Waals surface area (Å²) in [5, 5.41) is 2.39. The fraction of sp³-hybridized carbons (Fsp3) is 0.333. The fourth-order valence-electron chi connectivity index (χ4n) is 2.97. The quantitative estimate of drug-likeness (QED) is 0.685. The largest absolute Gasteiger partial charge is 0.480 e. The van der Waals surface area contributed by atoms with Gasteiger partial charge in [0, 0.05) is 17.7 Å². The number of alkyl halides is 4. The lowest BCUT2D eigenvalue weighted by atomic mass is 9.86. The summed E-state index contributed by atoms with van der Waals surface area (Å²) in [6.07, 6.45) is -3.56. The van der Waals surface area contributed by atoms with Crippen LogP contribution in [0.2, 0.25) is 0 Å². The van der Waals surface area contributed by atoms with Crippen molar-refractivity contribution in [2.24, 2.45) is 10.7 Å². The van der Waals surface area contributed by atoms with Gasteiger partial charge in [-0.1, -0.05) is 0 Å². The Morgan fingerprint density at radius 3 is 2.68 bits per heavy atom. The Labute approximate surface area is 172 Å². The van der Waals surface area contributed by atoms with E-state index in [0.717, 1.165) is 24.4 Å². The Hall–Kier alpha value is -3.51. The van der Waals surface area contributed by atoms with E-state index in [9.17, 15) is 26.7 Å². The number of rotatable bonds is 5. The standard InChI is InChI=1S/C18H16F5N5O3/c1-30-14-7-25-12(6-26-14)15(29)27-9-2-3-11(20)10(4-9)17(8-19)5-13(18(21,22)23)28-16(24)31-17/h2-4,6-7,13H,5,8H2,1H3,(H2,24,28)(H,27,29)/t13-,17-/m1/s1. The zero-order valence-electron chi connectivity index (χ0n) is 15.9. The van der Waals surface area contributed by atoms with Gasteiger partial charge in [0.25, 0.3) is 11.9 Å². The number of nitrogens with zero attached hydrogens (tertiary/aromatic N) is 3. The summed E-state index contributed by atoms with van der Waals surface area (Å²) in [7, 11) is 1.36. The molecule has 0 saturated heterocycles. The van der Waals surface area contributed by atoms with Crippen molar-refractivity contribution in [1.29, 1.82) is 0 Å². The maximum Gasteiger partial charge on any atom is 0.411 e.